The molecule has 0 bridgehead atoms. The van der Waals surface area contributed by atoms with Crippen LogP contribution in [0.5, 0.6) is 0 Å². The predicted octanol–water partition coefficient (Wildman–Crippen LogP) is 5.61. The molecule has 1 amide bonds. The highest BCUT2D eigenvalue weighted by molar-refractivity contribution is 7.90. The summed E-state index contributed by atoms with van der Waals surface area (Å²) >= 11 is 12.4. The van der Waals surface area contributed by atoms with Crippen molar-refractivity contribution in [1.29, 1.82) is 0 Å². The molecule has 0 aliphatic carbocycles. The molecule has 0 atom stereocenters. The number of aromatic nitrogens is 1. The van der Waals surface area contributed by atoms with Gasteiger partial charge in [0, 0.05) is 55.4 Å². The van der Waals surface area contributed by atoms with Gasteiger partial charge in [-0.05, 0) is 35.9 Å². The van der Waals surface area contributed by atoms with E-state index in [2.05, 4.69) is 9.88 Å². The van der Waals surface area contributed by atoms with Crippen LogP contribution in [0.3, 0.4) is 0 Å². The lowest BCUT2D eigenvalue weighted by atomic mass is 10.1. The summed E-state index contributed by atoms with van der Waals surface area (Å²) < 4.78 is 41.3. The number of para-hydroxylation sites is 1. The number of hydrogen-bond acceptors (Lipinski definition) is 5. The molecule has 6 nitrogen and oxygen atoms in total. The fraction of sp³-hybridized carbons (Fsp3) is 0.214. The lowest BCUT2D eigenvalue weighted by Gasteiger charge is -2.35. The second-order valence-electron chi connectivity index (χ2n) is 9.18. The maximum absolute atomic E-state index is 15.0. The van der Waals surface area contributed by atoms with Gasteiger partial charge in [-0.3, -0.25) is 14.7 Å². The quantitative estimate of drug-likeness (QED) is 0.300. The number of pyridine rings is 1. The number of sulfone groups is 1. The van der Waals surface area contributed by atoms with Gasteiger partial charge in [0.1, 0.15) is 5.82 Å². The number of carbonyl (C=O) groups is 1. The Hall–Kier alpha value is -3.04. The van der Waals surface area contributed by atoms with E-state index in [0.29, 0.717) is 53.7 Å². The zero-order valence-corrected chi connectivity index (χ0v) is 22.6. The Labute approximate surface area is 230 Å². The largest absolute Gasteiger partial charge is 0.336 e. The molecule has 0 saturated carbocycles. The molecule has 0 unspecified atom stereocenters. The van der Waals surface area contributed by atoms with Crippen LogP contribution in [0.2, 0.25) is 10.0 Å². The molecule has 0 N–H and O–H groups in total. The van der Waals surface area contributed by atoms with E-state index in [1.54, 1.807) is 35.2 Å². The molecular weight excluding hydrogens is 548 g/mol. The minimum atomic E-state index is -3.87. The molecule has 1 aliphatic heterocycles. The summed E-state index contributed by atoms with van der Waals surface area (Å²) in [7, 11) is -3.87. The Balaban J connectivity index is 1.25. The van der Waals surface area contributed by atoms with E-state index in [1.807, 2.05) is 12.1 Å². The SMILES string of the molecule is O=C(c1ccc(CS(=O)(=O)c2cccc3cccnc23)c(F)c1)N1CCN(Cc2cccc(Cl)c2Cl)CC1. The van der Waals surface area contributed by atoms with Gasteiger partial charge in [0.2, 0.25) is 0 Å². The van der Waals surface area contributed by atoms with Crippen LogP contribution in [0.15, 0.2) is 77.8 Å². The highest BCUT2D eigenvalue weighted by Gasteiger charge is 2.25. The van der Waals surface area contributed by atoms with Gasteiger partial charge in [0.25, 0.3) is 5.91 Å². The Morgan fingerprint density at radius 1 is 0.921 bits per heavy atom. The molecular formula is C28H24Cl2FN3O3S. The third kappa shape index (κ3) is 5.54. The first-order valence-electron chi connectivity index (χ1n) is 12.0. The molecule has 1 aliphatic rings. The van der Waals surface area contributed by atoms with Gasteiger partial charge in [0.15, 0.2) is 9.84 Å². The van der Waals surface area contributed by atoms with Gasteiger partial charge in [-0.1, -0.05) is 59.6 Å². The van der Waals surface area contributed by atoms with Gasteiger partial charge in [-0.25, -0.2) is 12.8 Å². The van der Waals surface area contributed by atoms with Crippen LogP contribution in [0, 0.1) is 5.82 Å². The molecule has 5 rings (SSSR count). The molecule has 1 aromatic heterocycles. The van der Waals surface area contributed by atoms with Crippen molar-refractivity contribution in [3.8, 4) is 0 Å². The zero-order valence-electron chi connectivity index (χ0n) is 20.3. The Morgan fingerprint density at radius 2 is 1.66 bits per heavy atom. The van der Waals surface area contributed by atoms with Crippen molar-refractivity contribution >= 4 is 49.8 Å². The van der Waals surface area contributed by atoms with Crippen LogP contribution in [-0.2, 0) is 22.1 Å². The third-order valence-electron chi connectivity index (χ3n) is 6.66. The number of amides is 1. The van der Waals surface area contributed by atoms with Gasteiger partial charge >= 0.3 is 0 Å². The maximum Gasteiger partial charge on any atom is 0.254 e. The average molecular weight is 572 g/mol. The lowest BCUT2D eigenvalue weighted by molar-refractivity contribution is 0.0628. The summed E-state index contributed by atoms with van der Waals surface area (Å²) in [5, 5.41) is 1.72. The number of nitrogens with zero attached hydrogens (tertiary/aromatic N) is 3. The molecule has 0 spiro atoms. The standard InChI is InChI=1S/C28H24Cl2FN3O3S/c29-23-7-1-5-21(26(23)30)17-33-12-14-34(15-13-33)28(35)20-9-10-22(24(31)16-20)18-38(36,37)25-8-2-4-19-6-3-11-32-27(19)25/h1-11,16H,12-15,17-18H2. The second kappa shape index (κ2) is 11.0. The summed E-state index contributed by atoms with van der Waals surface area (Å²) in [6.07, 6.45) is 1.52. The summed E-state index contributed by atoms with van der Waals surface area (Å²) in [5.41, 5.74) is 1.45. The Kier molecular flexibility index (Phi) is 7.68. The molecule has 1 fully saturated rings. The van der Waals surface area contributed by atoms with Crippen LogP contribution >= 0.6 is 23.2 Å². The van der Waals surface area contributed by atoms with Crippen LogP contribution in [-0.4, -0.2) is 55.3 Å². The van der Waals surface area contributed by atoms with Crippen molar-refractivity contribution in [1.82, 2.24) is 14.8 Å². The summed E-state index contributed by atoms with van der Waals surface area (Å²) in [6.45, 7) is 2.83. The number of piperazine rings is 1. The number of fused-ring (bicyclic) bond motifs is 1. The fourth-order valence-electron chi connectivity index (χ4n) is 4.61. The number of rotatable bonds is 6. The normalized spacial score (nSPS) is 14.7. The van der Waals surface area contributed by atoms with E-state index in [9.17, 15) is 13.2 Å². The van der Waals surface area contributed by atoms with E-state index in [4.69, 9.17) is 23.2 Å². The molecule has 196 valence electrons. The van der Waals surface area contributed by atoms with Gasteiger partial charge in [0.05, 0.1) is 26.2 Å². The summed E-state index contributed by atoms with van der Waals surface area (Å²) in [5.74, 6) is -1.56. The Morgan fingerprint density at radius 3 is 2.42 bits per heavy atom. The van der Waals surface area contributed by atoms with Gasteiger partial charge in [-0.15, -0.1) is 0 Å². The van der Waals surface area contributed by atoms with Crippen molar-refractivity contribution in [3.05, 3.63) is 105 Å². The molecule has 1 saturated heterocycles. The highest BCUT2D eigenvalue weighted by Crippen LogP contribution is 2.28. The fourth-order valence-corrected chi connectivity index (χ4v) is 6.54. The lowest BCUT2D eigenvalue weighted by Crippen LogP contribution is -2.48. The minimum absolute atomic E-state index is 0.00213. The zero-order chi connectivity index (χ0) is 26.9. The second-order valence-corrected chi connectivity index (χ2v) is 11.9. The summed E-state index contributed by atoms with van der Waals surface area (Å²) in [4.78, 5) is 21.2. The van der Waals surface area contributed by atoms with Crippen molar-refractivity contribution in [2.45, 2.75) is 17.2 Å². The van der Waals surface area contributed by atoms with Crippen molar-refractivity contribution < 1.29 is 17.6 Å². The van der Waals surface area contributed by atoms with E-state index < -0.39 is 21.4 Å². The monoisotopic (exact) mass is 571 g/mol. The van der Waals surface area contributed by atoms with Crippen LogP contribution in [0.25, 0.3) is 10.9 Å². The Bertz CT molecular complexity index is 1620. The maximum atomic E-state index is 15.0. The van der Waals surface area contributed by atoms with E-state index in [-0.39, 0.29) is 21.9 Å². The first-order chi connectivity index (χ1) is 18.2. The van der Waals surface area contributed by atoms with E-state index in [1.165, 1.54) is 24.4 Å². The average Bonchev–Trinajstić information content (AvgIpc) is 2.92. The number of halogens is 3. The summed E-state index contributed by atoms with van der Waals surface area (Å²) in [6, 6.07) is 17.9. The minimum Gasteiger partial charge on any atom is -0.336 e. The number of benzene rings is 3. The predicted molar refractivity (Wildman–Crippen MR) is 147 cm³/mol. The van der Waals surface area contributed by atoms with Crippen LogP contribution in [0.1, 0.15) is 21.5 Å². The molecule has 4 aromatic rings. The number of carbonyl (C=O) groups excluding carboxylic acids is 1. The first-order valence-corrected chi connectivity index (χ1v) is 14.4. The molecule has 10 heteroatoms. The van der Waals surface area contributed by atoms with Crippen LogP contribution in [0.4, 0.5) is 4.39 Å². The molecule has 38 heavy (non-hydrogen) atoms. The molecule has 2 heterocycles. The topological polar surface area (TPSA) is 70.6 Å². The number of hydrogen-bond donors (Lipinski definition) is 0. The van der Waals surface area contributed by atoms with Crippen molar-refractivity contribution in [2.24, 2.45) is 0 Å². The first kappa shape index (κ1) is 26.6. The molecule has 0 radical (unpaired) electrons. The highest BCUT2D eigenvalue weighted by atomic mass is 35.5. The smallest absolute Gasteiger partial charge is 0.254 e. The van der Waals surface area contributed by atoms with Crippen molar-refractivity contribution in [3.63, 3.8) is 0 Å². The van der Waals surface area contributed by atoms with E-state index in [0.717, 1.165) is 11.6 Å². The van der Waals surface area contributed by atoms with E-state index >= 15 is 4.39 Å². The van der Waals surface area contributed by atoms with Gasteiger partial charge < -0.3 is 4.90 Å². The van der Waals surface area contributed by atoms with Crippen LogP contribution < -0.4 is 0 Å². The van der Waals surface area contributed by atoms with Crippen molar-refractivity contribution in [2.75, 3.05) is 26.2 Å². The third-order valence-corrected chi connectivity index (χ3v) is 9.21. The molecule has 3 aromatic carbocycles. The van der Waals surface area contributed by atoms with Gasteiger partial charge in [-0.2, -0.15) is 0 Å².